The Morgan fingerprint density at radius 3 is 2.46 bits per heavy atom. The summed E-state index contributed by atoms with van der Waals surface area (Å²) in [5.41, 5.74) is 1.01. The van der Waals surface area contributed by atoms with E-state index in [1.807, 2.05) is 51.1 Å². The first-order valence-corrected chi connectivity index (χ1v) is 24.8. The number of allylic oxidation sites excluding steroid dienone is 3. The lowest BCUT2D eigenvalue weighted by Crippen LogP contribution is -2.53. The molecular weight excluding hydrogens is 904 g/mol. The summed E-state index contributed by atoms with van der Waals surface area (Å²) in [4.78, 5) is 97.3. The van der Waals surface area contributed by atoms with Crippen LogP contribution in [0.15, 0.2) is 35.9 Å². The Bertz CT molecular complexity index is 2130. The number of likely N-dealkylation sites (N-methyl/N-ethyl adjacent to an activating group) is 1. The molecule has 5 amide bonds. The molecule has 0 spiro atoms. The van der Waals surface area contributed by atoms with Crippen molar-refractivity contribution in [3.63, 3.8) is 0 Å². The number of epoxide rings is 1. The largest absolute Gasteiger partial charge is 0.495 e. The number of ether oxygens (including phenoxy) is 5. The number of carbonyl (C=O) groups excluding carboxylic acids is 7. The van der Waals surface area contributed by atoms with Crippen molar-refractivity contribution in [2.24, 2.45) is 17.8 Å². The summed E-state index contributed by atoms with van der Waals surface area (Å²) in [6, 6.07) is 2.12. The smallest absolute Gasteiger partial charge is 0.407 e. The van der Waals surface area contributed by atoms with Crippen LogP contribution in [-0.2, 0) is 54.1 Å². The van der Waals surface area contributed by atoms with Gasteiger partial charge < -0.3 is 38.8 Å². The Kier molecular flexibility index (Phi) is 17.3. The number of fused-ring (bicyclic) bond motifs is 5. The summed E-state index contributed by atoms with van der Waals surface area (Å²) < 4.78 is 29.8. The van der Waals surface area contributed by atoms with Crippen molar-refractivity contribution in [1.82, 2.24) is 15.1 Å². The Balaban J connectivity index is 1.14. The summed E-state index contributed by atoms with van der Waals surface area (Å²) >= 11 is 8.07. The number of anilines is 1. The molecule has 67 heavy (non-hydrogen) atoms. The van der Waals surface area contributed by atoms with E-state index in [0.717, 1.165) is 36.8 Å². The second-order valence-corrected chi connectivity index (χ2v) is 20.6. The highest BCUT2D eigenvalue weighted by Crippen LogP contribution is 2.49. The number of hydrogen-bond acceptors (Lipinski definition) is 13. The number of esters is 1. The first-order valence-electron chi connectivity index (χ1n) is 23.4. The van der Waals surface area contributed by atoms with Gasteiger partial charge >= 0.3 is 12.1 Å². The van der Waals surface area contributed by atoms with E-state index in [0.29, 0.717) is 37.2 Å². The van der Waals surface area contributed by atoms with Gasteiger partial charge in [0.1, 0.15) is 40.4 Å². The van der Waals surface area contributed by atoms with Gasteiger partial charge in [-0.2, -0.15) is 0 Å². The molecule has 0 radical (unpaired) electrons. The lowest BCUT2D eigenvalue weighted by Gasteiger charge is -2.36. The molecule has 1 aliphatic carbocycles. The molecule has 6 rings (SSSR count). The zero-order chi connectivity index (χ0) is 48.9. The van der Waals surface area contributed by atoms with Gasteiger partial charge in [-0.1, -0.05) is 49.2 Å². The fourth-order valence-electron chi connectivity index (χ4n) is 9.82. The molecule has 1 unspecified atom stereocenters. The van der Waals surface area contributed by atoms with E-state index in [1.54, 1.807) is 21.1 Å². The molecule has 5 aliphatic rings. The molecule has 1 aromatic rings. The van der Waals surface area contributed by atoms with Gasteiger partial charge in [0.15, 0.2) is 0 Å². The molecule has 3 saturated heterocycles. The van der Waals surface area contributed by atoms with Gasteiger partial charge in [0.05, 0.1) is 42.7 Å². The first-order chi connectivity index (χ1) is 31.8. The van der Waals surface area contributed by atoms with Crippen molar-refractivity contribution in [1.29, 1.82) is 0 Å². The van der Waals surface area contributed by atoms with Crippen LogP contribution in [0.3, 0.4) is 0 Å². The highest BCUT2D eigenvalue weighted by atomic mass is 35.5. The van der Waals surface area contributed by atoms with Crippen LogP contribution < -0.4 is 15.0 Å². The van der Waals surface area contributed by atoms with Crippen molar-refractivity contribution in [2.45, 2.75) is 146 Å². The van der Waals surface area contributed by atoms with E-state index in [2.05, 4.69) is 5.32 Å². The number of carbonyl (C=O) groups is 7. The highest BCUT2D eigenvalue weighted by molar-refractivity contribution is 8.00. The van der Waals surface area contributed by atoms with Crippen molar-refractivity contribution < 1.29 is 57.2 Å². The number of Topliss-reactive ketones (excluding diaryl/α,β-unsaturated/α-hetero) is 1. The summed E-state index contributed by atoms with van der Waals surface area (Å²) in [6.07, 6.45) is 6.57. The van der Waals surface area contributed by atoms with Crippen molar-refractivity contribution in [2.75, 3.05) is 45.5 Å². The van der Waals surface area contributed by atoms with Gasteiger partial charge in [-0.3, -0.25) is 28.9 Å². The monoisotopic (exact) mass is 970 g/mol. The summed E-state index contributed by atoms with van der Waals surface area (Å²) in [7, 11) is 6.14. The number of thioether (sulfide) groups is 1. The number of nitrogens with one attached hydrogen (secondary N) is 1. The number of rotatable bonds is 13. The number of halogens is 1. The van der Waals surface area contributed by atoms with Crippen LogP contribution in [0.2, 0.25) is 5.02 Å². The zero-order valence-corrected chi connectivity index (χ0v) is 41.7. The number of nitrogens with zero attached hydrogens (tertiary/aromatic N) is 3. The van der Waals surface area contributed by atoms with Crippen LogP contribution in [0.5, 0.6) is 5.75 Å². The number of benzene rings is 1. The highest BCUT2D eigenvalue weighted by Gasteiger charge is 2.64. The average molecular weight is 972 g/mol. The van der Waals surface area contributed by atoms with Crippen molar-refractivity contribution in [3.05, 3.63) is 46.5 Å². The van der Waals surface area contributed by atoms with Crippen LogP contribution in [0.1, 0.15) is 98.0 Å². The fraction of sp³-hybridized carbons (Fsp3) is 0.653. The maximum atomic E-state index is 14.3. The topological polar surface area (TPSA) is 191 Å². The molecule has 1 saturated carbocycles. The molecule has 4 aliphatic heterocycles. The zero-order valence-electron chi connectivity index (χ0n) is 40.2. The predicted molar refractivity (Wildman–Crippen MR) is 253 cm³/mol. The summed E-state index contributed by atoms with van der Waals surface area (Å²) in [6.45, 7) is 9.36. The minimum atomic E-state index is -1.20. The molecule has 4 heterocycles. The quantitative estimate of drug-likeness (QED) is 0.133. The third-order valence-electron chi connectivity index (χ3n) is 14.4. The molecular formula is C49H67ClN4O12S. The molecule has 1 N–H and O–H groups in total. The van der Waals surface area contributed by atoms with E-state index in [-0.39, 0.29) is 65.4 Å². The van der Waals surface area contributed by atoms with Crippen LogP contribution in [0.4, 0.5) is 10.5 Å². The molecule has 4 bridgehead atoms. The SMILES string of the molecule is CCC(=O)C1CCC(CN2C(=O)CC(SCCC(=O)N(C)[C@@H](C)C(=O)O[C@H]3CC(=O)N(C)c4cc(cc(OC)c4Cl)C/C(C)=C/C=C/[C@@H](OC)[C@H]4C[C@H](OC(=O)N4)[C@@H](C)[C@@H]4O[C@@]34C)C2=O)CC1. The Morgan fingerprint density at radius 2 is 1.79 bits per heavy atom. The molecule has 0 aromatic heterocycles. The lowest BCUT2D eigenvalue weighted by molar-refractivity contribution is -0.162. The number of amides is 5. The Labute approximate surface area is 403 Å². The van der Waals surface area contributed by atoms with Gasteiger partial charge in [-0.05, 0) is 76.5 Å². The first kappa shape index (κ1) is 51.9. The van der Waals surface area contributed by atoms with Gasteiger partial charge in [-0.15, -0.1) is 11.8 Å². The standard InChI is InChI=1S/C49H67ClN4O12S/c1-10-35(55)32-16-14-30(15-17-32)26-54-43(58)24-39(46(54)59)67-19-18-41(56)52(6)29(4)47(60)65-40-25-42(57)53(7)34-21-31(22-38(63-9)44(34)50)20-27(2)12-11-13-36(62-8)33-23-37(64-48(61)51-33)28(3)45-49(40,5)66-45/h11-13,21-22,28-30,32-33,36-37,39-40,45H,10,14-20,23-26H2,1-9H3,(H,51,61)/b13-11+,27-12+/t28-,29+,30?,32?,33-,36-,37+,39?,40+,45+,49+/m1/s1. The minimum Gasteiger partial charge on any atom is -0.495 e. The minimum absolute atomic E-state index is 0.00632. The third-order valence-corrected chi connectivity index (χ3v) is 16.0. The number of ketones is 1. The molecule has 16 nitrogen and oxygen atoms in total. The average Bonchev–Trinajstić information content (AvgIpc) is 3.94. The number of methoxy groups -OCH3 is 2. The molecule has 368 valence electrons. The van der Waals surface area contributed by atoms with Crippen LogP contribution in [0.25, 0.3) is 0 Å². The summed E-state index contributed by atoms with van der Waals surface area (Å²) in [5, 5.41) is 2.50. The maximum absolute atomic E-state index is 14.3. The van der Waals surface area contributed by atoms with E-state index in [1.165, 1.54) is 47.5 Å². The van der Waals surface area contributed by atoms with Gasteiger partial charge in [0, 0.05) is 71.0 Å². The van der Waals surface area contributed by atoms with E-state index in [4.69, 9.17) is 35.3 Å². The fourth-order valence-corrected chi connectivity index (χ4v) is 11.2. The van der Waals surface area contributed by atoms with Crippen LogP contribution in [0, 0.1) is 17.8 Å². The second kappa shape index (κ2) is 22.3. The number of alkyl carbamates (subject to hydrolysis) is 1. The normalized spacial score (nSPS) is 32.0. The van der Waals surface area contributed by atoms with Crippen LogP contribution in [-0.4, -0.2) is 139 Å². The second-order valence-electron chi connectivity index (χ2n) is 18.9. The molecule has 4 fully saturated rings. The maximum Gasteiger partial charge on any atom is 0.407 e. The summed E-state index contributed by atoms with van der Waals surface area (Å²) in [5.74, 6) is -1.34. The van der Waals surface area contributed by atoms with Crippen molar-refractivity contribution in [3.8, 4) is 5.75 Å². The lowest BCUT2D eigenvalue weighted by atomic mass is 9.79. The third kappa shape index (κ3) is 12.1. The van der Waals surface area contributed by atoms with E-state index < -0.39 is 71.2 Å². The number of likely N-dealkylation sites (tertiary alicyclic amines) is 1. The van der Waals surface area contributed by atoms with Crippen LogP contribution >= 0.6 is 23.4 Å². The Hall–Kier alpha value is -4.45. The molecule has 1 aromatic carbocycles. The van der Waals surface area contributed by atoms with E-state index in [9.17, 15) is 33.6 Å². The van der Waals surface area contributed by atoms with Gasteiger partial charge in [-0.25, -0.2) is 9.59 Å². The number of hydrogen-bond donors (Lipinski definition) is 1. The van der Waals surface area contributed by atoms with E-state index >= 15 is 0 Å². The molecule has 18 heteroatoms. The van der Waals surface area contributed by atoms with Crippen molar-refractivity contribution >= 4 is 70.5 Å². The van der Waals surface area contributed by atoms with Gasteiger partial charge in [0.25, 0.3) is 0 Å². The predicted octanol–water partition coefficient (Wildman–Crippen LogP) is 6.23. The molecule has 9 atom stereocenters. The van der Waals surface area contributed by atoms with Gasteiger partial charge in [0.2, 0.25) is 23.6 Å². The number of imide groups is 1. The Morgan fingerprint density at radius 1 is 1.07 bits per heavy atom.